The molecule has 0 amide bonds. The Morgan fingerprint density at radius 2 is 2.05 bits per heavy atom. The Labute approximate surface area is 123 Å². The van der Waals surface area contributed by atoms with Crippen molar-refractivity contribution in [3.8, 4) is 5.75 Å². The summed E-state index contributed by atoms with van der Waals surface area (Å²) in [6.45, 7) is 2.06. The van der Waals surface area contributed by atoms with Crippen LogP contribution in [0.5, 0.6) is 5.75 Å². The largest absolute Gasteiger partial charge is 0.494 e. The van der Waals surface area contributed by atoms with Crippen LogP contribution in [0.15, 0.2) is 23.1 Å². The number of hydrogen-bond donors (Lipinski definition) is 1. The normalized spacial score (nSPS) is 12.1. The fraction of sp³-hybridized carbons (Fsp3) is 0.538. The average Bonchev–Trinajstić information content (AvgIpc) is 2.40. The third-order valence-corrected chi connectivity index (χ3v) is 4.64. The number of nitrogens with zero attached hydrogens (tertiary/aromatic N) is 1. The first kappa shape index (κ1) is 17.8. The second kappa shape index (κ2) is 7.67. The summed E-state index contributed by atoms with van der Waals surface area (Å²) in [4.78, 5) is -0.0995. The number of sulfonamides is 1. The molecular formula is C13H19F2NO4S. The Hall–Kier alpha value is -1.25. The van der Waals surface area contributed by atoms with E-state index in [1.807, 2.05) is 0 Å². The van der Waals surface area contributed by atoms with Crippen molar-refractivity contribution in [2.24, 2.45) is 0 Å². The number of ether oxygens (including phenoxy) is 1. The minimum absolute atomic E-state index is 0.0995. The van der Waals surface area contributed by atoms with Crippen molar-refractivity contribution in [2.75, 3.05) is 26.3 Å². The SMILES string of the molecule is CCOc1ccc(S(=O)(=O)N(CCO)CC(F)F)cc1C. The van der Waals surface area contributed by atoms with Crippen LogP contribution in [0.25, 0.3) is 0 Å². The Morgan fingerprint density at radius 1 is 1.38 bits per heavy atom. The highest BCUT2D eigenvalue weighted by atomic mass is 32.2. The molecule has 0 bridgehead atoms. The van der Waals surface area contributed by atoms with E-state index in [0.29, 0.717) is 22.2 Å². The molecule has 0 atom stereocenters. The van der Waals surface area contributed by atoms with E-state index >= 15 is 0 Å². The van der Waals surface area contributed by atoms with Gasteiger partial charge in [-0.2, -0.15) is 4.31 Å². The molecule has 120 valence electrons. The lowest BCUT2D eigenvalue weighted by Gasteiger charge is -2.21. The topological polar surface area (TPSA) is 66.8 Å². The molecule has 0 heterocycles. The molecule has 0 unspecified atom stereocenters. The van der Waals surface area contributed by atoms with Gasteiger partial charge in [-0.1, -0.05) is 0 Å². The third-order valence-electron chi connectivity index (χ3n) is 2.78. The molecule has 0 radical (unpaired) electrons. The van der Waals surface area contributed by atoms with Gasteiger partial charge in [0.2, 0.25) is 10.0 Å². The fourth-order valence-corrected chi connectivity index (χ4v) is 3.32. The number of aliphatic hydroxyl groups is 1. The molecule has 21 heavy (non-hydrogen) atoms. The molecule has 0 spiro atoms. The molecule has 1 aromatic rings. The van der Waals surface area contributed by atoms with E-state index in [9.17, 15) is 17.2 Å². The lowest BCUT2D eigenvalue weighted by molar-refractivity contribution is 0.113. The van der Waals surface area contributed by atoms with E-state index in [2.05, 4.69) is 0 Å². The number of aryl methyl sites for hydroxylation is 1. The quantitative estimate of drug-likeness (QED) is 0.790. The van der Waals surface area contributed by atoms with Crippen LogP contribution in [0.3, 0.4) is 0 Å². The molecule has 0 saturated heterocycles. The number of alkyl halides is 2. The van der Waals surface area contributed by atoms with E-state index in [0.717, 1.165) is 0 Å². The van der Waals surface area contributed by atoms with Crippen LogP contribution in [0.1, 0.15) is 12.5 Å². The predicted molar refractivity (Wildman–Crippen MR) is 74.2 cm³/mol. The molecule has 0 aliphatic rings. The van der Waals surface area contributed by atoms with Gasteiger partial charge in [-0.3, -0.25) is 0 Å². The van der Waals surface area contributed by atoms with Gasteiger partial charge < -0.3 is 9.84 Å². The minimum atomic E-state index is -4.07. The highest BCUT2D eigenvalue weighted by Gasteiger charge is 2.27. The first-order chi connectivity index (χ1) is 9.82. The monoisotopic (exact) mass is 323 g/mol. The minimum Gasteiger partial charge on any atom is -0.494 e. The Morgan fingerprint density at radius 3 is 2.52 bits per heavy atom. The van der Waals surface area contributed by atoms with E-state index in [1.54, 1.807) is 13.8 Å². The van der Waals surface area contributed by atoms with Gasteiger partial charge in [0.25, 0.3) is 6.43 Å². The maximum Gasteiger partial charge on any atom is 0.252 e. The summed E-state index contributed by atoms with van der Waals surface area (Å²) in [5.74, 6) is 0.541. The highest BCUT2D eigenvalue weighted by Crippen LogP contribution is 2.24. The third kappa shape index (κ3) is 4.62. The zero-order valence-electron chi connectivity index (χ0n) is 11.9. The van der Waals surface area contributed by atoms with Gasteiger partial charge in [-0.05, 0) is 37.6 Å². The predicted octanol–water partition coefficient (Wildman–Crippen LogP) is 1.64. The second-order valence-corrected chi connectivity index (χ2v) is 6.28. The van der Waals surface area contributed by atoms with Crippen LogP contribution < -0.4 is 4.74 Å². The average molecular weight is 323 g/mol. The van der Waals surface area contributed by atoms with Crippen LogP contribution >= 0.6 is 0 Å². The van der Waals surface area contributed by atoms with Crippen molar-refractivity contribution >= 4 is 10.0 Å². The first-order valence-electron chi connectivity index (χ1n) is 6.45. The number of aliphatic hydroxyl groups excluding tert-OH is 1. The van der Waals surface area contributed by atoms with Crippen LogP contribution in [0.2, 0.25) is 0 Å². The number of rotatable bonds is 8. The lowest BCUT2D eigenvalue weighted by Crippen LogP contribution is -2.37. The molecule has 0 saturated carbocycles. The molecule has 0 aliphatic carbocycles. The Bertz CT molecular complexity index is 563. The first-order valence-corrected chi connectivity index (χ1v) is 7.89. The fourth-order valence-electron chi connectivity index (χ4n) is 1.82. The maximum absolute atomic E-state index is 12.5. The summed E-state index contributed by atoms with van der Waals surface area (Å²) in [7, 11) is -4.07. The highest BCUT2D eigenvalue weighted by molar-refractivity contribution is 7.89. The van der Waals surface area contributed by atoms with E-state index in [4.69, 9.17) is 9.84 Å². The molecule has 5 nitrogen and oxygen atoms in total. The van der Waals surface area contributed by atoms with Crippen molar-refractivity contribution in [1.82, 2.24) is 4.31 Å². The van der Waals surface area contributed by atoms with Crippen LogP contribution in [-0.4, -0.2) is 50.6 Å². The second-order valence-electron chi connectivity index (χ2n) is 4.34. The summed E-state index contributed by atoms with van der Waals surface area (Å²) in [5, 5.41) is 8.86. The molecule has 1 rings (SSSR count). The van der Waals surface area contributed by atoms with Gasteiger partial charge in [0.1, 0.15) is 5.75 Å². The van der Waals surface area contributed by atoms with Gasteiger partial charge in [0.15, 0.2) is 0 Å². The standard InChI is InChI=1S/C13H19F2NO4S/c1-3-20-12-5-4-11(8-10(12)2)21(18,19)16(6-7-17)9-13(14)15/h4-5,8,13,17H,3,6-7,9H2,1-2H3. The van der Waals surface area contributed by atoms with Crippen LogP contribution in [-0.2, 0) is 10.0 Å². The van der Waals surface area contributed by atoms with Crippen LogP contribution in [0.4, 0.5) is 8.78 Å². The van der Waals surface area contributed by atoms with Gasteiger partial charge >= 0.3 is 0 Å². The van der Waals surface area contributed by atoms with Gasteiger partial charge in [0, 0.05) is 6.54 Å². The molecule has 0 aliphatic heterocycles. The van der Waals surface area contributed by atoms with Crippen molar-refractivity contribution < 1.29 is 27.0 Å². The van der Waals surface area contributed by atoms with Gasteiger partial charge in [-0.15, -0.1) is 0 Å². The maximum atomic E-state index is 12.5. The molecular weight excluding hydrogens is 304 g/mol. The van der Waals surface area contributed by atoms with Crippen LogP contribution in [0, 0.1) is 6.92 Å². The van der Waals surface area contributed by atoms with Crippen molar-refractivity contribution in [2.45, 2.75) is 25.2 Å². The molecule has 1 N–H and O–H groups in total. The number of halogens is 2. The Kier molecular flexibility index (Phi) is 6.50. The zero-order chi connectivity index (χ0) is 16.0. The summed E-state index contributed by atoms with van der Waals surface area (Å²) >= 11 is 0. The van der Waals surface area contributed by atoms with E-state index in [1.165, 1.54) is 18.2 Å². The molecule has 1 aromatic carbocycles. The summed E-state index contributed by atoms with van der Waals surface area (Å²) in [6, 6.07) is 4.17. The molecule has 8 heteroatoms. The van der Waals surface area contributed by atoms with Crippen molar-refractivity contribution in [3.63, 3.8) is 0 Å². The lowest BCUT2D eigenvalue weighted by atomic mass is 10.2. The molecule has 0 aromatic heterocycles. The van der Waals surface area contributed by atoms with Crippen molar-refractivity contribution in [3.05, 3.63) is 23.8 Å². The zero-order valence-corrected chi connectivity index (χ0v) is 12.7. The van der Waals surface area contributed by atoms with Crippen molar-refractivity contribution in [1.29, 1.82) is 0 Å². The Balaban J connectivity index is 3.12. The summed E-state index contributed by atoms with van der Waals surface area (Å²) in [6.07, 6.45) is -2.81. The molecule has 0 fully saturated rings. The summed E-state index contributed by atoms with van der Waals surface area (Å²) in [5.41, 5.74) is 0.596. The number of benzene rings is 1. The van der Waals surface area contributed by atoms with Gasteiger partial charge in [-0.25, -0.2) is 17.2 Å². The van der Waals surface area contributed by atoms with E-state index in [-0.39, 0.29) is 11.4 Å². The number of hydrogen-bond acceptors (Lipinski definition) is 4. The van der Waals surface area contributed by atoms with E-state index < -0.39 is 29.6 Å². The summed E-state index contributed by atoms with van der Waals surface area (Å²) < 4.78 is 55.5. The smallest absolute Gasteiger partial charge is 0.252 e. The van der Waals surface area contributed by atoms with Gasteiger partial charge in [0.05, 0.1) is 24.7 Å².